The number of aliphatic hydroxyl groups excluding tert-OH is 9. The Morgan fingerprint density at radius 1 is 0.778 bits per heavy atom. The molecule has 13 N–H and O–H groups in total. The van der Waals surface area contributed by atoms with Gasteiger partial charge in [-0.2, -0.15) is 0 Å². The molecule has 3 saturated heterocycles. The summed E-state index contributed by atoms with van der Waals surface area (Å²) in [5.74, 6) is -0.232. The van der Waals surface area contributed by atoms with Gasteiger partial charge in [0.2, 0.25) is 12.2 Å². The third-order valence-corrected chi connectivity index (χ3v) is 7.93. The second kappa shape index (κ2) is 17.3. The van der Waals surface area contributed by atoms with E-state index in [4.69, 9.17) is 34.2 Å². The number of aliphatic hydroxyl groups is 10. The maximum atomic E-state index is 12.0. The molecule has 45 heavy (non-hydrogen) atoms. The summed E-state index contributed by atoms with van der Waals surface area (Å²) in [4.78, 5) is 12.0. The molecule has 0 spiro atoms. The molecule has 3 fully saturated rings. The van der Waals surface area contributed by atoms with Crippen LogP contribution in [-0.4, -0.2) is 182 Å². The van der Waals surface area contributed by atoms with Crippen LogP contribution in [0.4, 0.5) is 0 Å². The zero-order valence-corrected chi connectivity index (χ0v) is 24.9. The van der Waals surface area contributed by atoms with Crippen molar-refractivity contribution in [1.29, 1.82) is 0 Å². The third kappa shape index (κ3) is 9.24. The predicted octanol–water partition coefficient (Wildman–Crippen LogP) is -6.57. The number of ether oxygens (including phenoxy) is 6. The van der Waals surface area contributed by atoms with Crippen LogP contribution in [0.15, 0.2) is 0 Å². The van der Waals surface area contributed by atoms with Crippen LogP contribution in [0.5, 0.6) is 0 Å². The largest absolute Gasteiger partial charge is 0.394 e. The molecule has 264 valence electrons. The Morgan fingerprint density at radius 2 is 1.36 bits per heavy atom. The first kappa shape index (κ1) is 38.2. The van der Waals surface area contributed by atoms with Crippen molar-refractivity contribution in [2.45, 2.75) is 124 Å². The number of carbonyl (C=O) groups is 1. The van der Waals surface area contributed by atoms with Gasteiger partial charge >= 0.3 is 0 Å². The fraction of sp³-hybridized carbons (Fsp3) is 0.962. The second-order valence-corrected chi connectivity index (χ2v) is 11.3. The van der Waals surface area contributed by atoms with Crippen LogP contribution in [-0.2, 0) is 33.2 Å². The van der Waals surface area contributed by atoms with Gasteiger partial charge in [-0.05, 0) is 6.42 Å². The monoisotopic (exact) mass is 660 g/mol. The number of nitrogens with one attached hydrogen (secondary N) is 1. The van der Waals surface area contributed by atoms with E-state index < -0.39 is 112 Å². The normalized spacial score (nSPS) is 44.1. The molecular weight excluding hydrogens is 612 g/mol. The molecule has 0 aliphatic carbocycles. The van der Waals surface area contributed by atoms with Crippen molar-refractivity contribution in [2.24, 2.45) is 5.73 Å². The third-order valence-electron chi connectivity index (χ3n) is 7.93. The minimum absolute atomic E-state index is 0.0201. The van der Waals surface area contributed by atoms with E-state index in [0.717, 1.165) is 12.8 Å². The van der Waals surface area contributed by atoms with Crippen molar-refractivity contribution in [3.63, 3.8) is 0 Å². The van der Waals surface area contributed by atoms with Crippen molar-refractivity contribution in [3.8, 4) is 0 Å². The number of carbonyl (C=O) groups excluding carboxylic acids is 1. The second-order valence-electron chi connectivity index (χ2n) is 11.3. The van der Waals surface area contributed by atoms with Gasteiger partial charge in [0.15, 0.2) is 18.3 Å². The van der Waals surface area contributed by atoms with Gasteiger partial charge in [-0.3, -0.25) is 10.5 Å². The highest BCUT2D eigenvalue weighted by Gasteiger charge is 2.58. The highest BCUT2D eigenvalue weighted by molar-refractivity contribution is 5.75. The summed E-state index contributed by atoms with van der Waals surface area (Å²) < 4.78 is 33.0. The molecule has 19 nitrogen and oxygen atoms in total. The lowest BCUT2D eigenvalue weighted by atomic mass is 9.93. The van der Waals surface area contributed by atoms with E-state index >= 15 is 0 Å². The molecule has 0 aromatic heterocycles. The van der Waals surface area contributed by atoms with Crippen LogP contribution >= 0.6 is 0 Å². The van der Waals surface area contributed by atoms with Crippen LogP contribution in [0.1, 0.15) is 32.6 Å². The number of nitrogens with two attached hydrogens (primary N) is 1. The lowest BCUT2D eigenvalue weighted by molar-refractivity contribution is -0.388. The first-order valence-corrected chi connectivity index (χ1v) is 14.9. The van der Waals surface area contributed by atoms with Crippen molar-refractivity contribution in [3.05, 3.63) is 0 Å². The Kier molecular flexibility index (Phi) is 14.7. The molecular formula is C26H48N2O17. The number of unbranched alkanes of at least 4 members (excludes halogenated alkanes) is 2. The van der Waals surface area contributed by atoms with Crippen molar-refractivity contribution < 1.29 is 84.3 Å². The topological polar surface area (TPSA) is 313 Å². The van der Waals surface area contributed by atoms with Gasteiger partial charge in [0, 0.05) is 13.0 Å². The first-order chi connectivity index (χ1) is 21.3. The summed E-state index contributed by atoms with van der Waals surface area (Å²) in [6, 6.07) is 0. The zero-order chi connectivity index (χ0) is 33.5. The molecule has 3 aliphatic heterocycles. The lowest BCUT2D eigenvalue weighted by Crippen LogP contribution is -2.74. The summed E-state index contributed by atoms with van der Waals surface area (Å²) in [5.41, 5.74) is 3.41. The first-order valence-electron chi connectivity index (χ1n) is 14.9. The van der Waals surface area contributed by atoms with Gasteiger partial charge in [-0.15, -0.1) is 0 Å². The van der Waals surface area contributed by atoms with Crippen LogP contribution in [0.3, 0.4) is 0 Å². The molecule has 0 bridgehead atoms. The Bertz CT molecular complexity index is 900. The standard InChI is InChI=1S/C26H48N2O17/c1-2-3-4-5-14(31)28-6-7-40-25-26(27,39)22(45-24-21(38)19(36)16(33)12(9-30)43-24)17(34)13(44-25)10-41-23-20(37)18(35)15(32)11(8-29)42-23/h11-13,15-25,29-30,32-39H,2-10,27H2,1H3,(H,28,31)/t11-,12-,13-,15-,16-,17-,18+,19+,20+,21+,22+,23+,24-,25+,26+/m1/s1. The Balaban J connectivity index is 1.75. The summed E-state index contributed by atoms with van der Waals surface area (Å²) in [6.45, 7) is -0.437. The summed E-state index contributed by atoms with van der Waals surface area (Å²) in [6.07, 6.45) is -21.2. The molecule has 19 heteroatoms. The maximum absolute atomic E-state index is 12.0. The highest BCUT2D eigenvalue weighted by Crippen LogP contribution is 2.34. The smallest absolute Gasteiger partial charge is 0.220 e. The number of amides is 1. The fourth-order valence-corrected chi connectivity index (χ4v) is 5.15. The van der Waals surface area contributed by atoms with Gasteiger partial charge < -0.3 is 84.8 Å². The van der Waals surface area contributed by atoms with Crippen molar-refractivity contribution >= 4 is 5.91 Å². The molecule has 3 rings (SSSR count). The van der Waals surface area contributed by atoms with Crippen LogP contribution < -0.4 is 11.1 Å². The zero-order valence-electron chi connectivity index (χ0n) is 24.9. The van der Waals surface area contributed by atoms with Gasteiger partial charge in [0.25, 0.3) is 0 Å². The molecule has 15 atom stereocenters. The van der Waals surface area contributed by atoms with Gasteiger partial charge in [0.05, 0.1) is 26.4 Å². The van der Waals surface area contributed by atoms with E-state index in [0.29, 0.717) is 12.8 Å². The average molecular weight is 661 g/mol. The van der Waals surface area contributed by atoms with Gasteiger partial charge in [0.1, 0.15) is 67.1 Å². The van der Waals surface area contributed by atoms with E-state index in [1.165, 1.54) is 0 Å². The van der Waals surface area contributed by atoms with Crippen molar-refractivity contribution in [2.75, 3.05) is 33.0 Å². The molecule has 0 unspecified atom stereocenters. The van der Waals surface area contributed by atoms with E-state index in [1.54, 1.807) is 0 Å². The van der Waals surface area contributed by atoms with E-state index in [1.807, 2.05) is 6.92 Å². The Labute approximate surface area is 259 Å². The minimum atomic E-state index is -2.69. The molecule has 3 heterocycles. The molecule has 0 saturated carbocycles. The quantitative estimate of drug-likeness (QED) is 0.0574. The highest BCUT2D eigenvalue weighted by atomic mass is 16.8. The molecule has 0 aromatic rings. The summed E-state index contributed by atoms with van der Waals surface area (Å²) in [5, 5.41) is 105. The van der Waals surface area contributed by atoms with Gasteiger partial charge in [-0.1, -0.05) is 19.8 Å². The van der Waals surface area contributed by atoms with Crippen LogP contribution in [0, 0.1) is 0 Å². The average Bonchev–Trinajstić information content (AvgIpc) is 3.01. The maximum Gasteiger partial charge on any atom is 0.220 e. The minimum Gasteiger partial charge on any atom is -0.394 e. The van der Waals surface area contributed by atoms with Crippen LogP contribution in [0.2, 0.25) is 0 Å². The van der Waals surface area contributed by atoms with Crippen molar-refractivity contribution in [1.82, 2.24) is 5.32 Å². The molecule has 1 amide bonds. The Morgan fingerprint density at radius 3 is 1.93 bits per heavy atom. The number of rotatable bonds is 15. The molecule has 0 radical (unpaired) electrons. The number of hydrogen-bond acceptors (Lipinski definition) is 18. The predicted molar refractivity (Wildman–Crippen MR) is 145 cm³/mol. The SMILES string of the molecule is CCCCCC(=O)NCCO[C@H]1O[C@H](CO[C@H]2O[C@H](CO)[C@@H](O)[C@H](O)[C@@H]2O)[C@@H](O)[C@H](O[C@H]2O[C@H](CO)[C@@H](O)[C@H](O)[C@@H]2O)[C@]1(N)O. The van der Waals surface area contributed by atoms with E-state index in [2.05, 4.69) is 5.32 Å². The van der Waals surface area contributed by atoms with E-state index in [9.17, 15) is 55.9 Å². The fourth-order valence-electron chi connectivity index (χ4n) is 5.15. The van der Waals surface area contributed by atoms with Crippen LogP contribution in [0.25, 0.3) is 0 Å². The van der Waals surface area contributed by atoms with E-state index in [-0.39, 0.29) is 19.1 Å². The molecule has 0 aromatic carbocycles. The number of hydrogen-bond donors (Lipinski definition) is 12. The lowest BCUT2D eigenvalue weighted by Gasteiger charge is -2.50. The summed E-state index contributed by atoms with van der Waals surface area (Å²) >= 11 is 0. The summed E-state index contributed by atoms with van der Waals surface area (Å²) in [7, 11) is 0. The van der Waals surface area contributed by atoms with Gasteiger partial charge in [-0.25, -0.2) is 0 Å². The molecule has 3 aliphatic rings. The Hall–Kier alpha value is -1.21.